The third kappa shape index (κ3) is 4.34. The molecule has 1 N–H and O–H groups in total. The molecular formula is C21H29N3OS. The predicted octanol–water partition coefficient (Wildman–Crippen LogP) is 3.47. The summed E-state index contributed by atoms with van der Waals surface area (Å²) in [6, 6.07) is 10.5. The van der Waals surface area contributed by atoms with E-state index < -0.39 is 0 Å². The lowest BCUT2D eigenvalue weighted by Gasteiger charge is -2.40. The van der Waals surface area contributed by atoms with E-state index in [1.165, 1.54) is 10.4 Å². The number of amides is 1. The summed E-state index contributed by atoms with van der Waals surface area (Å²) in [5.74, 6) is 0.0104. The molecule has 1 aromatic carbocycles. The Kier molecular flexibility index (Phi) is 6.12. The summed E-state index contributed by atoms with van der Waals surface area (Å²) in [5.41, 5.74) is 3.10. The molecule has 0 spiro atoms. The molecule has 0 unspecified atom stereocenters. The Balaban J connectivity index is 1.75. The van der Waals surface area contributed by atoms with Gasteiger partial charge in [0.2, 0.25) is 0 Å². The van der Waals surface area contributed by atoms with Crippen LogP contribution < -0.4 is 5.32 Å². The number of hydrogen-bond acceptors (Lipinski definition) is 4. The Bertz CT molecular complexity index is 736. The van der Waals surface area contributed by atoms with Crippen molar-refractivity contribution in [2.45, 2.75) is 32.9 Å². The van der Waals surface area contributed by atoms with Crippen LogP contribution in [0, 0.1) is 13.8 Å². The second-order valence-corrected chi connectivity index (χ2v) is 8.34. The number of aryl methyl sites for hydroxylation is 2. The maximum atomic E-state index is 12.8. The molecule has 5 heteroatoms. The molecule has 0 aliphatic carbocycles. The van der Waals surface area contributed by atoms with Gasteiger partial charge in [-0.25, -0.2) is 0 Å². The first kappa shape index (κ1) is 19.1. The highest BCUT2D eigenvalue weighted by Gasteiger charge is 2.30. The monoisotopic (exact) mass is 371 g/mol. The van der Waals surface area contributed by atoms with E-state index in [9.17, 15) is 4.79 Å². The number of nitrogens with one attached hydrogen (secondary N) is 1. The van der Waals surface area contributed by atoms with Crippen LogP contribution >= 0.6 is 11.3 Å². The van der Waals surface area contributed by atoms with Crippen LogP contribution in [-0.2, 0) is 0 Å². The van der Waals surface area contributed by atoms with Crippen LogP contribution in [-0.4, -0.2) is 55.0 Å². The van der Waals surface area contributed by atoms with Crippen LogP contribution in [0.15, 0.2) is 35.7 Å². The smallest absolute Gasteiger partial charge is 0.251 e. The van der Waals surface area contributed by atoms with Crippen molar-refractivity contribution in [2.24, 2.45) is 0 Å². The Morgan fingerprint density at radius 1 is 1.12 bits per heavy atom. The van der Waals surface area contributed by atoms with Crippen molar-refractivity contribution in [3.63, 3.8) is 0 Å². The number of piperazine rings is 1. The van der Waals surface area contributed by atoms with E-state index in [4.69, 9.17) is 0 Å². The molecule has 1 aliphatic rings. The van der Waals surface area contributed by atoms with E-state index in [1.54, 1.807) is 11.3 Å². The summed E-state index contributed by atoms with van der Waals surface area (Å²) in [4.78, 5) is 19.0. The van der Waals surface area contributed by atoms with Crippen molar-refractivity contribution in [3.05, 3.63) is 57.3 Å². The Labute approximate surface area is 160 Å². The Hall–Kier alpha value is -1.69. The third-order valence-electron chi connectivity index (χ3n) is 5.37. The zero-order valence-electron chi connectivity index (χ0n) is 16.2. The molecule has 0 bridgehead atoms. The highest BCUT2D eigenvalue weighted by Crippen LogP contribution is 2.29. The zero-order valence-corrected chi connectivity index (χ0v) is 17.0. The van der Waals surface area contributed by atoms with E-state index in [2.05, 4.69) is 53.5 Å². The fourth-order valence-electron chi connectivity index (χ4n) is 3.55. The Morgan fingerprint density at radius 3 is 2.46 bits per heavy atom. The minimum Gasteiger partial charge on any atom is -0.348 e. The molecule has 3 rings (SSSR count). The van der Waals surface area contributed by atoms with Crippen LogP contribution in [0.25, 0.3) is 0 Å². The van der Waals surface area contributed by atoms with Crippen LogP contribution in [0.2, 0.25) is 0 Å². The van der Waals surface area contributed by atoms with Crippen molar-refractivity contribution in [1.82, 2.24) is 15.1 Å². The number of hydrogen-bond donors (Lipinski definition) is 1. The quantitative estimate of drug-likeness (QED) is 0.874. The molecule has 2 atom stereocenters. The van der Waals surface area contributed by atoms with Gasteiger partial charge in [-0.15, -0.1) is 11.3 Å². The van der Waals surface area contributed by atoms with Crippen molar-refractivity contribution < 1.29 is 4.79 Å². The van der Waals surface area contributed by atoms with Gasteiger partial charge in [0.1, 0.15) is 0 Å². The number of thiophene rings is 1. The highest BCUT2D eigenvalue weighted by molar-refractivity contribution is 7.10. The summed E-state index contributed by atoms with van der Waals surface area (Å²) in [5, 5.41) is 5.37. The lowest BCUT2D eigenvalue weighted by Crippen LogP contribution is -2.51. The molecule has 0 radical (unpaired) electrons. The van der Waals surface area contributed by atoms with Crippen LogP contribution in [0.4, 0.5) is 0 Å². The average Bonchev–Trinajstić information content (AvgIpc) is 3.13. The molecule has 1 amide bonds. The van der Waals surface area contributed by atoms with Gasteiger partial charge < -0.3 is 10.2 Å². The molecule has 140 valence electrons. The topological polar surface area (TPSA) is 35.6 Å². The summed E-state index contributed by atoms with van der Waals surface area (Å²) in [7, 11) is 2.17. The maximum Gasteiger partial charge on any atom is 0.251 e. The lowest BCUT2D eigenvalue weighted by molar-refractivity contribution is 0.0799. The summed E-state index contributed by atoms with van der Waals surface area (Å²) in [6.45, 7) is 10.4. The highest BCUT2D eigenvalue weighted by atomic mass is 32.1. The van der Waals surface area contributed by atoms with Gasteiger partial charge in [-0.05, 0) is 62.5 Å². The zero-order chi connectivity index (χ0) is 18.7. The molecule has 2 heterocycles. The molecule has 1 aliphatic heterocycles. The van der Waals surface area contributed by atoms with E-state index in [-0.39, 0.29) is 18.0 Å². The van der Waals surface area contributed by atoms with E-state index >= 15 is 0 Å². The summed E-state index contributed by atoms with van der Waals surface area (Å²) < 4.78 is 0. The number of likely N-dealkylation sites (N-methyl/N-ethyl adjacent to an activating group) is 1. The summed E-state index contributed by atoms with van der Waals surface area (Å²) in [6.07, 6.45) is 0. The normalized spacial score (nSPS) is 18.5. The van der Waals surface area contributed by atoms with Gasteiger partial charge in [0.25, 0.3) is 5.91 Å². The Morgan fingerprint density at radius 2 is 1.85 bits per heavy atom. The first-order chi connectivity index (χ1) is 12.5. The molecule has 1 fully saturated rings. The average molecular weight is 372 g/mol. The molecular weight excluding hydrogens is 342 g/mol. The maximum absolute atomic E-state index is 12.8. The first-order valence-electron chi connectivity index (χ1n) is 9.30. The van der Waals surface area contributed by atoms with Crippen molar-refractivity contribution in [1.29, 1.82) is 0 Å². The van der Waals surface area contributed by atoms with Gasteiger partial charge in [-0.3, -0.25) is 9.69 Å². The summed E-state index contributed by atoms with van der Waals surface area (Å²) >= 11 is 1.77. The molecule has 1 saturated heterocycles. The third-order valence-corrected chi connectivity index (χ3v) is 6.31. The molecule has 26 heavy (non-hydrogen) atoms. The van der Waals surface area contributed by atoms with E-state index in [0.29, 0.717) is 0 Å². The van der Waals surface area contributed by atoms with Crippen molar-refractivity contribution >= 4 is 17.2 Å². The minimum atomic E-state index is 0.0104. The standard InChI is InChI=1S/C21H29N3OS/c1-15-7-8-18(14-16(15)2)21(25)22-17(3)20(19-6-5-13-26-19)24-11-9-23(4)10-12-24/h5-8,13-14,17,20H,9-12H2,1-4H3,(H,22,25)/t17-,20+/m1/s1. The van der Waals surface area contributed by atoms with Crippen LogP contribution in [0.5, 0.6) is 0 Å². The molecule has 0 saturated carbocycles. The first-order valence-corrected chi connectivity index (χ1v) is 10.2. The second kappa shape index (κ2) is 8.33. The number of benzene rings is 1. The predicted molar refractivity (Wildman–Crippen MR) is 109 cm³/mol. The van der Waals surface area contributed by atoms with Crippen LogP contribution in [0.1, 0.15) is 39.3 Å². The number of nitrogens with zero attached hydrogens (tertiary/aromatic N) is 2. The van der Waals surface area contributed by atoms with Gasteiger partial charge >= 0.3 is 0 Å². The van der Waals surface area contributed by atoms with Gasteiger partial charge in [0.05, 0.1) is 6.04 Å². The second-order valence-electron chi connectivity index (χ2n) is 7.36. The molecule has 2 aromatic rings. The molecule has 1 aromatic heterocycles. The largest absolute Gasteiger partial charge is 0.348 e. The van der Waals surface area contributed by atoms with Gasteiger partial charge in [0.15, 0.2) is 0 Å². The van der Waals surface area contributed by atoms with Crippen LogP contribution in [0.3, 0.4) is 0 Å². The van der Waals surface area contributed by atoms with Gasteiger partial charge in [0, 0.05) is 42.7 Å². The fourth-order valence-corrected chi connectivity index (χ4v) is 4.52. The lowest BCUT2D eigenvalue weighted by atomic mass is 10.0. The van der Waals surface area contributed by atoms with E-state index in [0.717, 1.165) is 37.3 Å². The number of carbonyl (C=O) groups is 1. The van der Waals surface area contributed by atoms with Gasteiger partial charge in [-0.1, -0.05) is 12.1 Å². The number of rotatable bonds is 5. The fraction of sp³-hybridized carbons (Fsp3) is 0.476. The number of carbonyl (C=O) groups excluding carboxylic acids is 1. The van der Waals surface area contributed by atoms with E-state index in [1.807, 2.05) is 25.1 Å². The van der Waals surface area contributed by atoms with Crippen molar-refractivity contribution in [3.8, 4) is 0 Å². The van der Waals surface area contributed by atoms with Crippen molar-refractivity contribution in [2.75, 3.05) is 33.2 Å². The molecule has 4 nitrogen and oxygen atoms in total. The minimum absolute atomic E-state index is 0.0104. The SMILES string of the molecule is Cc1ccc(C(=O)N[C@H](C)[C@@H](c2cccs2)N2CCN(C)CC2)cc1C. The van der Waals surface area contributed by atoms with Gasteiger partial charge in [-0.2, -0.15) is 0 Å².